The van der Waals surface area contributed by atoms with Crippen molar-refractivity contribution in [2.24, 2.45) is 28.6 Å². The normalized spacial score (nSPS) is 50.1. The summed E-state index contributed by atoms with van der Waals surface area (Å²) in [7, 11) is 0. The van der Waals surface area contributed by atoms with Crippen LogP contribution in [0.2, 0.25) is 0 Å². The van der Waals surface area contributed by atoms with E-state index in [4.69, 9.17) is 0 Å². The molecule has 2 heteroatoms. The number of aliphatic carboxylic acids is 1. The second kappa shape index (κ2) is 4.49. The Bertz CT molecular complexity index is 377. The van der Waals surface area contributed by atoms with E-state index in [0.29, 0.717) is 11.3 Å². The summed E-state index contributed by atoms with van der Waals surface area (Å²) in [4.78, 5) is 11.8. The van der Waals surface area contributed by atoms with Gasteiger partial charge >= 0.3 is 5.97 Å². The van der Waals surface area contributed by atoms with Gasteiger partial charge in [-0.15, -0.1) is 0 Å². The minimum absolute atomic E-state index is 0.300. The van der Waals surface area contributed by atoms with Gasteiger partial charge in [0.1, 0.15) is 0 Å². The van der Waals surface area contributed by atoms with Gasteiger partial charge in [-0.25, -0.2) is 0 Å². The van der Waals surface area contributed by atoms with E-state index < -0.39 is 11.4 Å². The predicted octanol–water partition coefficient (Wildman–Crippen LogP) is 4.48. The third-order valence-corrected chi connectivity index (χ3v) is 7.05. The topological polar surface area (TPSA) is 37.3 Å². The average Bonchev–Trinajstić information content (AvgIpc) is 2.38. The van der Waals surface area contributed by atoms with Crippen LogP contribution in [0.25, 0.3) is 0 Å². The number of fused-ring (bicyclic) bond motifs is 3. The van der Waals surface area contributed by atoms with E-state index in [1.165, 1.54) is 38.5 Å². The zero-order valence-corrected chi connectivity index (χ0v) is 12.5. The molecule has 1 N–H and O–H groups in total. The molecule has 3 aliphatic rings. The van der Waals surface area contributed by atoms with Crippen molar-refractivity contribution < 1.29 is 9.90 Å². The molecule has 3 rings (SSSR count). The minimum Gasteiger partial charge on any atom is -0.481 e. The van der Waals surface area contributed by atoms with Gasteiger partial charge in [0.05, 0.1) is 5.41 Å². The molecule has 2 nitrogen and oxygen atoms in total. The van der Waals surface area contributed by atoms with Gasteiger partial charge < -0.3 is 5.11 Å². The molecule has 0 aromatic carbocycles. The van der Waals surface area contributed by atoms with Crippen molar-refractivity contribution in [3.63, 3.8) is 0 Å². The lowest BCUT2D eigenvalue weighted by atomic mass is 9.44. The Balaban J connectivity index is 1.94. The number of hydrogen-bond acceptors (Lipinski definition) is 1. The highest BCUT2D eigenvalue weighted by atomic mass is 16.4. The lowest BCUT2D eigenvalue weighted by molar-refractivity contribution is -0.171. The largest absolute Gasteiger partial charge is 0.481 e. The van der Waals surface area contributed by atoms with Crippen molar-refractivity contribution in [1.29, 1.82) is 0 Å². The molecule has 108 valence electrons. The fourth-order valence-electron chi connectivity index (χ4n) is 6.06. The highest BCUT2D eigenvalue weighted by Crippen LogP contribution is 2.63. The Morgan fingerprint density at radius 3 is 2.47 bits per heavy atom. The quantitative estimate of drug-likeness (QED) is 0.758. The standard InChI is InChI=1S/C17H28O2/c1-16-10-5-11-17(2,15(18)19)14(16)9-8-12-6-3-4-7-13(12)16/h12-14H,3-11H2,1-2H3,(H,18,19)/t12?,13?,14?,16-,17+/m1/s1. The number of carboxylic acid groups (broad SMARTS) is 1. The van der Waals surface area contributed by atoms with Crippen LogP contribution in [0, 0.1) is 28.6 Å². The zero-order valence-electron chi connectivity index (χ0n) is 12.5. The second-order valence-corrected chi connectivity index (χ2v) is 7.86. The fraction of sp³-hybridized carbons (Fsp3) is 0.941. The van der Waals surface area contributed by atoms with Crippen LogP contribution < -0.4 is 0 Å². The molecular formula is C17H28O2. The van der Waals surface area contributed by atoms with Crippen LogP contribution in [0.1, 0.15) is 71.6 Å². The highest BCUT2D eigenvalue weighted by molar-refractivity contribution is 5.75. The average molecular weight is 264 g/mol. The molecule has 0 amide bonds. The lowest BCUT2D eigenvalue weighted by Gasteiger charge is -2.60. The summed E-state index contributed by atoms with van der Waals surface area (Å²) in [5, 5.41) is 9.75. The van der Waals surface area contributed by atoms with E-state index in [9.17, 15) is 9.90 Å². The third kappa shape index (κ3) is 1.86. The maximum Gasteiger partial charge on any atom is 0.309 e. The van der Waals surface area contributed by atoms with Crippen molar-refractivity contribution in [3.05, 3.63) is 0 Å². The number of hydrogen-bond donors (Lipinski definition) is 1. The maximum atomic E-state index is 11.8. The molecule has 0 aromatic heterocycles. The third-order valence-electron chi connectivity index (χ3n) is 7.05. The lowest BCUT2D eigenvalue weighted by Crippen LogP contribution is -2.55. The second-order valence-electron chi connectivity index (χ2n) is 7.86. The summed E-state index contributed by atoms with van der Waals surface area (Å²) in [6.07, 6.45) is 11.2. The maximum absolute atomic E-state index is 11.8. The molecule has 3 aliphatic carbocycles. The van der Waals surface area contributed by atoms with Crippen LogP contribution in [-0.2, 0) is 4.79 Å². The molecule has 0 radical (unpaired) electrons. The summed E-state index contributed by atoms with van der Waals surface area (Å²) in [6.45, 7) is 4.46. The van der Waals surface area contributed by atoms with Gasteiger partial charge in [0, 0.05) is 0 Å². The first-order valence-electron chi connectivity index (χ1n) is 8.22. The van der Waals surface area contributed by atoms with Crippen LogP contribution >= 0.6 is 0 Å². The van der Waals surface area contributed by atoms with Crippen molar-refractivity contribution in [1.82, 2.24) is 0 Å². The summed E-state index contributed by atoms with van der Waals surface area (Å²) in [5.41, 5.74) is -0.163. The minimum atomic E-state index is -0.544. The smallest absolute Gasteiger partial charge is 0.309 e. The van der Waals surface area contributed by atoms with Crippen LogP contribution in [0.3, 0.4) is 0 Å². The molecule has 0 aliphatic heterocycles. The van der Waals surface area contributed by atoms with Gasteiger partial charge in [0.15, 0.2) is 0 Å². The van der Waals surface area contributed by atoms with Crippen LogP contribution in [0.5, 0.6) is 0 Å². The molecule has 0 heterocycles. The van der Waals surface area contributed by atoms with Crippen molar-refractivity contribution in [3.8, 4) is 0 Å². The monoisotopic (exact) mass is 264 g/mol. The molecule has 0 bridgehead atoms. The highest BCUT2D eigenvalue weighted by Gasteiger charge is 2.58. The van der Waals surface area contributed by atoms with Crippen molar-refractivity contribution in [2.45, 2.75) is 71.6 Å². The molecule has 3 unspecified atom stereocenters. The molecule has 3 saturated carbocycles. The Morgan fingerprint density at radius 2 is 1.74 bits per heavy atom. The molecule has 5 atom stereocenters. The first-order valence-corrected chi connectivity index (χ1v) is 8.22. The van der Waals surface area contributed by atoms with Gasteiger partial charge in [-0.3, -0.25) is 4.79 Å². The Kier molecular flexibility index (Phi) is 3.18. The summed E-state index contributed by atoms with van der Waals surface area (Å²) in [5.74, 6) is 1.56. The Hall–Kier alpha value is -0.530. The SMILES string of the molecule is C[C@]12CCC[C@](C)(C(=O)O)C1CCC1CCCCC12. The molecule has 0 spiro atoms. The van der Waals surface area contributed by atoms with E-state index in [2.05, 4.69) is 6.92 Å². The number of rotatable bonds is 1. The van der Waals surface area contributed by atoms with Gasteiger partial charge in [-0.2, -0.15) is 0 Å². The van der Waals surface area contributed by atoms with Crippen LogP contribution in [-0.4, -0.2) is 11.1 Å². The number of carbonyl (C=O) groups is 1. The molecule has 0 aromatic rings. The summed E-state index contributed by atoms with van der Waals surface area (Å²) < 4.78 is 0. The summed E-state index contributed by atoms with van der Waals surface area (Å²) in [6, 6.07) is 0. The van der Waals surface area contributed by atoms with Crippen molar-refractivity contribution in [2.75, 3.05) is 0 Å². The van der Waals surface area contributed by atoms with Gasteiger partial charge in [0.2, 0.25) is 0 Å². The molecule has 3 fully saturated rings. The first-order chi connectivity index (χ1) is 8.98. The van der Waals surface area contributed by atoms with E-state index in [1.54, 1.807) is 0 Å². The Morgan fingerprint density at radius 1 is 1.00 bits per heavy atom. The van der Waals surface area contributed by atoms with Gasteiger partial charge in [-0.05, 0) is 62.2 Å². The van der Waals surface area contributed by atoms with E-state index in [-0.39, 0.29) is 0 Å². The zero-order chi connectivity index (χ0) is 13.7. The predicted molar refractivity (Wildman–Crippen MR) is 75.9 cm³/mol. The fourth-order valence-corrected chi connectivity index (χ4v) is 6.06. The van der Waals surface area contributed by atoms with E-state index in [1.807, 2.05) is 6.92 Å². The van der Waals surface area contributed by atoms with Crippen molar-refractivity contribution >= 4 is 5.97 Å². The van der Waals surface area contributed by atoms with E-state index >= 15 is 0 Å². The summed E-state index contributed by atoms with van der Waals surface area (Å²) >= 11 is 0. The molecule has 0 saturated heterocycles. The van der Waals surface area contributed by atoms with Gasteiger partial charge in [-0.1, -0.05) is 32.6 Å². The Labute approximate surface area is 117 Å². The van der Waals surface area contributed by atoms with Gasteiger partial charge in [0.25, 0.3) is 0 Å². The number of carboxylic acids is 1. The van der Waals surface area contributed by atoms with Crippen LogP contribution in [0.4, 0.5) is 0 Å². The molecule has 19 heavy (non-hydrogen) atoms. The van der Waals surface area contributed by atoms with E-state index in [0.717, 1.165) is 31.1 Å². The van der Waals surface area contributed by atoms with Crippen LogP contribution in [0.15, 0.2) is 0 Å². The molecular weight excluding hydrogens is 236 g/mol. The first kappa shape index (κ1) is 13.5.